The molecule has 200 valence electrons. The first kappa shape index (κ1) is 26.7. The molecule has 2 aliphatic heterocycles. The molecule has 0 radical (unpaired) electrons. The lowest BCUT2D eigenvalue weighted by Gasteiger charge is -2.45. The Hall–Kier alpha value is -3.39. The summed E-state index contributed by atoms with van der Waals surface area (Å²) in [5.41, 5.74) is 0.949. The van der Waals surface area contributed by atoms with E-state index in [1.165, 1.54) is 0 Å². The average molecular weight is 510 g/mol. The number of aromatic nitrogens is 4. The van der Waals surface area contributed by atoms with Gasteiger partial charge in [0.15, 0.2) is 5.82 Å². The number of carboxylic acids is 1. The van der Waals surface area contributed by atoms with Gasteiger partial charge in [-0.2, -0.15) is 20.3 Å². The molecule has 2 aliphatic rings. The highest BCUT2D eigenvalue weighted by Gasteiger charge is 2.34. The summed E-state index contributed by atoms with van der Waals surface area (Å²) in [6.45, 7) is 8.47. The minimum absolute atomic E-state index is 0.224. The Morgan fingerprint density at radius 2 is 1.86 bits per heavy atom. The third-order valence-corrected chi connectivity index (χ3v) is 7.65. The first-order valence-corrected chi connectivity index (χ1v) is 13.4. The second-order valence-corrected chi connectivity index (χ2v) is 10.2. The normalized spacial score (nSPS) is 23.0. The van der Waals surface area contributed by atoms with Crippen LogP contribution in [0.1, 0.15) is 64.5 Å². The van der Waals surface area contributed by atoms with E-state index in [1.807, 2.05) is 19.1 Å². The lowest BCUT2D eigenvalue weighted by Crippen LogP contribution is -2.52. The van der Waals surface area contributed by atoms with Crippen molar-refractivity contribution in [3.05, 3.63) is 17.8 Å². The topological polar surface area (TPSA) is 146 Å². The molecule has 2 fully saturated rings. The molecule has 0 aliphatic carbocycles. The largest absolute Gasteiger partial charge is 0.481 e. The summed E-state index contributed by atoms with van der Waals surface area (Å²) in [6, 6.07) is 7.17. The maximum atomic E-state index is 11.4. The number of anilines is 4. The van der Waals surface area contributed by atoms with E-state index >= 15 is 0 Å². The summed E-state index contributed by atoms with van der Waals surface area (Å²) >= 11 is 0. The number of aromatic amines is 1. The molecule has 4 N–H and O–H groups in total. The SMILES string of the molecule is CCC1CC(Nc2nc(Nc3cc(C)[nH]n3)cc(N3CCC(C(=O)O)CC3)n2)CC(CC)N1CCC#N. The standard InChI is InChI=1S/C26H39N9O2/c1-4-20-14-19(15-21(5-2)35(20)10-6-9-27)28-26-30-22(29-23-13-17(3)32-33-23)16-24(31-26)34-11-7-18(8-12-34)25(36)37/h13,16,18-21H,4-8,10-12,14-15H2,1-3H3,(H,36,37)(H3,28,29,30,31,32,33). The van der Waals surface area contributed by atoms with Crippen LogP contribution in [0.4, 0.5) is 23.4 Å². The van der Waals surface area contributed by atoms with Crippen LogP contribution in [0.15, 0.2) is 12.1 Å². The smallest absolute Gasteiger partial charge is 0.306 e. The zero-order valence-corrected chi connectivity index (χ0v) is 22.1. The molecule has 11 nitrogen and oxygen atoms in total. The number of hydrogen-bond donors (Lipinski definition) is 4. The van der Waals surface area contributed by atoms with Crippen molar-refractivity contribution >= 4 is 29.4 Å². The van der Waals surface area contributed by atoms with E-state index in [0.29, 0.717) is 62.0 Å². The Labute approximate surface area is 218 Å². The fraction of sp³-hybridized carbons (Fsp3) is 0.654. The maximum absolute atomic E-state index is 11.4. The monoisotopic (exact) mass is 509 g/mol. The van der Waals surface area contributed by atoms with Crippen molar-refractivity contribution < 1.29 is 9.90 Å². The third-order valence-electron chi connectivity index (χ3n) is 7.65. The van der Waals surface area contributed by atoms with Gasteiger partial charge in [0, 0.05) is 62.0 Å². The quantitative estimate of drug-likeness (QED) is 0.372. The average Bonchev–Trinajstić information content (AvgIpc) is 3.31. The second-order valence-electron chi connectivity index (χ2n) is 10.2. The summed E-state index contributed by atoms with van der Waals surface area (Å²) in [5, 5.41) is 32.6. The van der Waals surface area contributed by atoms with Crippen LogP contribution < -0.4 is 15.5 Å². The zero-order chi connectivity index (χ0) is 26.4. The molecule has 4 rings (SSSR count). The van der Waals surface area contributed by atoms with Crippen LogP contribution in [-0.4, -0.2) is 73.9 Å². The lowest BCUT2D eigenvalue weighted by molar-refractivity contribution is -0.142. The predicted octanol–water partition coefficient (Wildman–Crippen LogP) is 3.90. The maximum Gasteiger partial charge on any atom is 0.306 e. The van der Waals surface area contributed by atoms with Gasteiger partial charge in [-0.1, -0.05) is 13.8 Å². The van der Waals surface area contributed by atoms with Crippen LogP contribution in [0, 0.1) is 24.2 Å². The van der Waals surface area contributed by atoms with Crippen LogP contribution in [0.25, 0.3) is 0 Å². The fourth-order valence-corrected chi connectivity index (χ4v) is 5.66. The Morgan fingerprint density at radius 1 is 1.16 bits per heavy atom. The molecular formula is C26H39N9O2. The molecule has 37 heavy (non-hydrogen) atoms. The number of carbonyl (C=O) groups is 1. The number of hydrogen-bond acceptors (Lipinski definition) is 9. The van der Waals surface area contributed by atoms with Crippen LogP contribution in [0.5, 0.6) is 0 Å². The summed E-state index contributed by atoms with van der Waals surface area (Å²) in [7, 11) is 0. The van der Waals surface area contributed by atoms with Crippen molar-refractivity contribution in [3.63, 3.8) is 0 Å². The number of carboxylic acid groups (broad SMARTS) is 1. The lowest BCUT2D eigenvalue weighted by atomic mass is 9.88. The number of rotatable bonds is 10. The van der Waals surface area contributed by atoms with Crippen molar-refractivity contribution in [2.75, 3.05) is 35.2 Å². The van der Waals surface area contributed by atoms with Gasteiger partial charge in [-0.25, -0.2) is 0 Å². The number of nitrogens with one attached hydrogen (secondary N) is 3. The van der Waals surface area contributed by atoms with E-state index < -0.39 is 5.97 Å². The highest BCUT2D eigenvalue weighted by molar-refractivity contribution is 5.70. The van der Waals surface area contributed by atoms with E-state index in [0.717, 1.165) is 43.7 Å². The molecule has 0 saturated carbocycles. The van der Waals surface area contributed by atoms with Crippen LogP contribution in [0.3, 0.4) is 0 Å². The minimum Gasteiger partial charge on any atom is -0.481 e. The van der Waals surface area contributed by atoms with Crippen LogP contribution in [0.2, 0.25) is 0 Å². The van der Waals surface area contributed by atoms with E-state index in [4.69, 9.17) is 15.2 Å². The molecular weight excluding hydrogens is 470 g/mol. The molecule has 0 amide bonds. The number of nitriles is 1. The number of H-pyrrole nitrogens is 1. The summed E-state index contributed by atoms with van der Waals surface area (Å²) in [6.07, 6.45) is 5.75. The molecule has 2 unspecified atom stereocenters. The van der Waals surface area contributed by atoms with Crippen molar-refractivity contribution in [1.29, 1.82) is 5.26 Å². The molecule has 0 aromatic carbocycles. The van der Waals surface area contributed by atoms with Gasteiger partial charge in [0.1, 0.15) is 11.6 Å². The summed E-state index contributed by atoms with van der Waals surface area (Å²) in [5.74, 6) is 1.64. The summed E-state index contributed by atoms with van der Waals surface area (Å²) in [4.78, 5) is 25.7. The Morgan fingerprint density at radius 3 is 2.43 bits per heavy atom. The molecule has 2 aromatic heterocycles. The van der Waals surface area contributed by atoms with Crippen LogP contribution in [-0.2, 0) is 4.79 Å². The number of nitrogens with zero attached hydrogens (tertiary/aromatic N) is 6. The van der Waals surface area contributed by atoms with E-state index in [9.17, 15) is 9.90 Å². The van der Waals surface area contributed by atoms with Crippen molar-refractivity contribution in [2.45, 2.75) is 83.8 Å². The second kappa shape index (κ2) is 12.2. The van der Waals surface area contributed by atoms with E-state index in [1.54, 1.807) is 0 Å². The van der Waals surface area contributed by atoms with Crippen molar-refractivity contribution in [1.82, 2.24) is 25.1 Å². The Bertz CT molecular complexity index is 1080. The molecule has 11 heteroatoms. The van der Waals surface area contributed by atoms with Gasteiger partial charge in [-0.05, 0) is 45.4 Å². The van der Waals surface area contributed by atoms with Crippen molar-refractivity contribution in [3.8, 4) is 6.07 Å². The molecule has 0 spiro atoms. The summed E-state index contributed by atoms with van der Waals surface area (Å²) < 4.78 is 0. The number of likely N-dealkylation sites (tertiary alicyclic amines) is 1. The first-order chi connectivity index (χ1) is 17.9. The Balaban J connectivity index is 1.54. The van der Waals surface area contributed by atoms with Crippen LogP contribution >= 0.6 is 0 Å². The van der Waals surface area contributed by atoms with Gasteiger partial charge < -0.3 is 20.6 Å². The minimum atomic E-state index is -0.724. The number of aliphatic carboxylic acids is 1. The molecule has 2 aromatic rings. The molecule has 0 bridgehead atoms. The predicted molar refractivity (Wildman–Crippen MR) is 143 cm³/mol. The van der Waals surface area contributed by atoms with Gasteiger partial charge in [0.05, 0.1) is 12.0 Å². The van der Waals surface area contributed by atoms with Gasteiger partial charge >= 0.3 is 5.97 Å². The fourth-order valence-electron chi connectivity index (χ4n) is 5.66. The zero-order valence-electron chi connectivity index (χ0n) is 22.1. The number of aryl methyl sites for hydroxylation is 1. The van der Waals surface area contributed by atoms with Gasteiger partial charge in [-0.15, -0.1) is 0 Å². The van der Waals surface area contributed by atoms with E-state index in [2.05, 4.69) is 50.5 Å². The molecule has 4 heterocycles. The number of piperidine rings is 2. The van der Waals surface area contributed by atoms with E-state index in [-0.39, 0.29) is 12.0 Å². The Kier molecular flexibility index (Phi) is 8.82. The third kappa shape index (κ3) is 6.68. The molecule has 2 saturated heterocycles. The first-order valence-electron chi connectivity index (χ1n) is 13.4. The highest BCUT2D eigenvalue weighted by atomic mass is 16.4. The van der Waals surface area contributed by atoms with Crippen molar-refractivity contribution in [2.24, 2.45) is 5.92 Å². The highest BCUT2D eigenvalue weighted by Crippen LogP contribution is 2.31. The molecule has 2 atom stereocenters. The van der Waals surface area contributed by atoms with Gasteiger partial charge in [-0.3, -0.25) is 14.8 Å². The van der Waals surface area contributed by atoms with Gasteiger partial charge in [0.2, 0.25) is 5.95 Å². The van der Waals surface area contributed by atoms with Gasteiger partial charge in [0.25, 0.3) is 0 Å².